The lowest BCUT2D eigenvalue weighted by atomic mass is 9.97. The van der Waals surface area contributed by atoms with Gasteiger partial charge in [0.05, 0.1) is 13.7 Å². The first kappa shape index (κ1) is 30.6. The van der Waals surface area contributed by atoms with Crippen molar-refractivity contribution in [2.45, 2.75) is 25.8 Å². The molecule has 0 bridgehead atoms. The molecule has 2 aromatic heterocycles. The molecule has 3 aromatic carbocycles. The van der Waals surface area contributed by atoms with Gasteiger partial charge < -0.3 is 31.4 Å². The van der Waals surface area contributed by atoms with Gasteiger partial charge in [-0.3, -0.25) is 0 Å². The number of fused-ring (bicyclic) bond motifs is 1. The van der Waals surface area contributed by atoms with Crippen molar-refractivity contribution in [2.24, 2.45) is 0 Å². The topological polar surface area (TPSA) is 38.1 Å². The van der Waals surface area contributed by atoms with Crippen molar-refractivity contribution in [3.05, 3.63) is 139 Å². The molecule has 0 saturated heterocycles. The van der Waals surface area contributed by atoms with Crippen LogP contribution in [-0.4, -0.2) is 18.7 Å². The molecule has 5 heteroatoms. The molecule has 0 amide bonds. The van der Waals surface area contributed by atoms with Crippen LogP contribution in [-0.2, 0) is 19.4 Å². The van der Waals surface area contributed by atoms with Crippen LogP contribution in [0.25, 0.3) is 34.2 Å². The summed E-state index contributed by atoms with van der Waals surface area (Å²) in [5.41, 5.74) is 8.01. The number of rotatable bonds is 13. The fourth-order valence-corrected chi connectivity index (χ4v) is 5.05. The van der Waals surface area contributed by atoms with E-state index in [0.717, 1.165) is 59.5 Å². The zero-order valence-electron chi connectivity index (χ0n) is 24.1. The van der Waals surface area contributed by atoms with Gasteiger partial charge in [0.25, 0.3) is 0 Å². The van der Waals surface area contributed by atoms with Gasteiger partial charge in [0, 0.05) is 41.2 Å². The van der Waals surface area contributed by atoms with E-state index in [4.69, 9.17) is 9.47 Å². The molecule has 5 rings (SSSR count). The minimum absolute atomic E-state index is 0. The predicted molar refractivity (Wildman–Crippen MR) is 170 cm³/mol. The summed E-state index contributed by atoms with van der Waals surface area (Å²) in [6.07, 6.45) is 16.9. The normalized spacial score (nSPS) is 10.9. The Hall–Kier alpha value is -4.35. The number of aryl methyl sites for hydroxylation is 1. The highest BCUT2D eigenvalue weighted by Gasteiger charge is 2.11. The van der Waals surface area contributed by atoms with Crippen molar-refractivity contribution in [3.8, 4) is 22.6 Å². The van der Waals surface area contributed by atoms with Crippen molar-refractivity contribution in [3.63, 3.8) is 0 Å². The second-order valence-corrected chi connectivity index (χ2v) is 10.0. The van der Waals surface area contributed by atoms with Gasteiger partial charge in [-0.25, -0.2) is 4.57 Å². The summed E-state index contributed by atoms with van der Waals surface area (Å²) in [4.78, 5) is 3.33. The first-order valence-corrected chi connectivity index (χ1v) is 14.1. The van der Waals surface area contributed by atoms with Crippen LogP contribution >= 0.6 is 0 Å². The smallest absolute Gasteiger partial charge is 0.169 e. The predicted octanol–water partition coefficient (Wildman–Crippen LogP) is 5.23. The van der Waals surface area contributed by atoms with E-state index in [9.17, 15) is 0 Å². The number of hydrogen-bond acceptors (Lipinski definition) is 2. The van der Waals surface area contributed by atoms with Crippen LogP contribution in [0, 0.1) is 0 Å². The number of benzene rings is 3. The van der Waals surface area contributed by atoms with Crippen molar-refractivity contribution >= 4 is 23.1 Å². The number of aromatic nitrogens is 2. The molecule has 0 aliphatic carbocycles. The fourth-order valence-electron chi connectivity index (χ4n) is 5.05. The Labute approximate surface area is 259 Å². The summed E-state index contributed by atoms with van der Waals surface area (Å²) in [6, 6.07) is 25.3. The molecule has 4 nitrogen and oxygen atoms in total. The average Bonchev–Trinajstić information content (AvgIpc) is 3.43. The minimum Gasteiger partial charge on any atom is -1.00 e. The van der Waals surface area contributed by atoms with Crippen LogP contribution in [0.3, 0.4) is 0 Å². The highest BCUT2D eigenvalue weighted by Crippen LogP contribution is 2.34. The summed E-state index contributed by atoms with van der Waals surface area (Å²) in [7, 11) is 1.71. The lowest BCUT2D eigenvalue weighted by molar-refractivity contribution is -0.697. The van der Waals surface area contributed by atoms with Gasteiger partial charge in [-0.2, -0.15) is 0 Å². The Morgan fingerprint density at radius 3 is 2.43 bits per heavy atom. The molecule has 5 aromatic rings. The van der Waals surface area contributed by atoms with Crippen molar-refractivity contribution in [1.82, 2.24) is 4.98 Å². The number of methoxy groups -OCH3 is 1. The molecule has 42 heavy (non-hydrogen) atoms. The summed E-state index contributed by atoms with van der Waals surface area (Å²) >= 11 is 0. The highest BCUT2D eigenvalue weighted by atomic mass is 79.9. The van der Waals surface area contributed by atoms with Gasteiger partial charge in [-0.1, -0.05) is 54.6 Å². The van der Waals surface area contributed by atoms with Crippen molar-refractivity contribution in [2.75, 3.05) is 13.7 Å². The molecule has 1 N–H and O–H groups in total. The molecule has 0 aliphatic heterocycles. The van der Waals surface area contributed by atoms with Crippen molar-refractivity contribution < 1.29 is 31.0 Å². The van der Waals surface area contributed by atoms with E-state index in [1.807, 2.05) is 24.3 Å². The summed E-state index contributed by atoms with van der Waals surface area (Å²) in [5.74, 6) is 1.75. The number of nitrogens with one attached hydrogen (secondary N) is 1. The third kappa shape index (κ3) is 7.48. The van der Waals surface area contributed by atoms with Gasteiger partial charge in [0.15, 0.2) is 18.9 Å². The lowest BCUT2D eigenvalue weighted by Gasteiger charge is -2.15. The zero-order chi connectivity index (χ0) is 28.4. The Morgan fingerprint density at radius 1 is 0.857 bits per heavy atom. The van der Waals surface area contributed by atoms with Crippen LogP contribution in [0.1, 0.15) is 28.7 Å². The average molecular weight is 622 g/mol. The van der Waals surface area contributed by atoms with E-state index in [1.54, 1.807) is 7.11 Å². The van der Waals surface area contributed by atoms with E-state index in [2.05, 4.69) is 114 Å². The Balaban J connectivity index is 0.00000405. The molecule has 0 spiro atoms. The van der Waals surface area contributed by atoms with Gasteiger partial charge in [0.1, 0.15) is 11.5 Å². The largest absolute Gasteiger partial charge is 1.00 e. The number of pyridine rings is 1. The van der Waals surface area contributed by atoms with Gasteiger partial charge >= 0.3 is 0 Å². The summed E-state index contributed by atoms with van der Waals surface area (Å²) in [6.45, 7) is 9.34. The van der Waals surface area contributed by atoms with E-state index < -0.39 is 0 Å². The molecular weight excluding hydrogens is 584 g/mol. The summed E-state index contributed by atoms with van der Waals surface area (Å²) in [5, 5.41) is 1.23. The van der Waals surface area contributed by atoms with Crippen LogP contribution in [0.15, 0.2) is 117 Å². The number of aromatic amines is 1. The van der Waals surface area contributed by atoms with Crippen LogP contribution in [0.5, 0.6) is 11.5 Å². The standard InChI is InChI=1S/C37H36N2O2.BrH/c1-4-9-29-14-17-37(40-3)34(25-29)30-16-18-36(31(26-30)10-5-2)41-24-8-21-39-22-19-28(20-23-39)13-15-32-27-38-35-12-7-6-11-33(32)35;/h4-7,11-20,22-23,25-27H,1-2,8-10,21,24H2,3H3;1H. The molecule has 0 fully saturated rings. The number of halogens is 1. The Kier molecular flexibility index (Phi) is 11.0. The first-order valence-electron chi connectivity index (χ1n) is 14.1. The van der Waals surface area contributed by atoms with E-state index in [0.29, 0.717) is 6.61 Å². The molecule has 214 valence electrons. The van der Waals surface area contributed by atoms with Gasteiger partial charge in [-0.15, -0.1) is 13.2 Å². The molecule has 2 heterocycles. The second-order valence-electron chi connectivity index (χ2n) is 10.0. The van der Waals surface area contributed by atoms with Crippen LogP contribution < -0.4 is 31.0 Å². The third-order valence-corrected chi connectivity index (χ3v) is 7.19. The van der Waals surface area contributed by atoms with Crippen LogP contribution in [0.2, 0.25) is 0 Å². The highest BCUT2D eigenvalue weighted by molar-refractivity contribution is 5.91. The Bertz CT molecular complexity index is 1670. The zero-order valence-corrected chi connectivity index (χ0v) is 25.6. The maximum absolute atomic E-state index is 6.24. The first-order chi connectivity index (χ1) is 20.2. The maximum atomic E-state index is 6.24. The van der Waals surface area contributed by atoms with Gasteiger partial charge in [0.2, 0.25) is 0 Å². The number of para-hydroxylation sites is 1. The number of H-pyrrole nitrogens is 1. The monoisotopic (exact) mass is 620 g/mol. The molecule has 0 unspecified atom stereocenters. The number of ether oxygens (including phenoxy) is 2. The Morgan fingerprint density at radius 2 is 1.64 bits per heavy atom. The van der Waals surface area contributed by atoms with Crippen LogP contribution in [0.4, 0.5) is 0 Å². The minimum atomic E-state index is 0. The number of hydrogen-bond donors (Lipinski definition) is 1. The SMILES string of the molecule is C=CCc1ccc(OC)c(-c2ccc(OCCC[n+]3ccc(/C=C/c4c[nH]c5ccccc45)cc3)c(CC=C)c2)c1.[Br-]. The van der Waals surface area contributed by atoms with E-state index in [1.165, 1.54) is 22.1 Å². The summed E-state index contributed by atoms with van der Waals surface area (Å²) < 4.78 is 14.1. The molecule has 0 radical (unpaired) electrons. The number of nitrogens with zero attached hydrogens (tertiary/aromatic N) is 1. The lowest BCUT2D eigenvalue weighted by Crippen LogP contribution is -3.00. The van der Waals surface area contributed by atoms with E-state index in [-0.39, 0.29) is 17.0 Å². The molecule has 0 aliphatic rings. The number of allylic oxidation sites excluding steroid dienone is 2. The third-order valence-electron chi connectivity index (χ3n) is 7.19. The van der Waals surface area contributed by atoms with Gasteiger partial charge in [-0.05, 0) is 71.0 Å². The molecule has 0 saturated carbocycles. The van der Waals surface area contributed by atoms with Crippen molar-refractivity contribution in [1.29, 1.82) is 0 Å². The molecule has 0 atom stereocenters. The van der Waals surface area contributed by atoms with E-state index >= 15 is 0 Å². The second kappa shape index (κ2) is 15.0. The maximum Gasteiger partial charge on any atom is 0.169 e. The quantitative estimate of drug-likeness (QED) is 0.111. The fraction of sp³-hybridized carbons (Fsp3) is 0.162. The molecular formula is C37H37BrN2O2.